The maximum Gasteiger partial charge on any atom is 0.0624 e. The monoisotopic (exact) mass is 149 g/mol. The largest absolute Gasteiger partial charge is 0.198 e. The Morgan fingerprint density at radius 1 is 1.27 bits per heavy atom. The molecule has 0 aromatic carbocycles. The van der Waals surface area contributed by atoms with Crippen LogP contribution in [0.4, 0.5) is 0 Å². The third-order valence-electron chi connectivity index (χ3n) is 3.48. The summed E-state index contributed by atoms with van der Waals surface area (Å²) in [5.41, 5.74) is 0. The van der Waals surface area contributed by atoms with Gasteiger partial charge in [-0.25, -0.2) is 0 Å². The predicted octanol–water partition coefficient (Wildman–Crippen LogP) is 2.73. The van der Waals surface area contributed by atoms with E-state index in [1.54, 1.807) is 0 Å². The van der Waals surface area contributed by atoms with Crippen LogP contribution in [0.15, 0.2) is 0 Å². The molecule has 2 bridgehead atoms. The molecule has 1 nitrogen and oxygen atoms in total. The van der Waals surface area contributed by atoms with E-state index in [0.717, 1.165) is 24.2 Å². The average Bonchev–Trinajstić information content (AvgIpc) is 2.29. The number of nitrogens with zero attached hydrogens (tertiary/aromatic N) is 1. The molecule has 2 aliphatic carbocycles. The van der Waals surface area contributed by atoms with Crippen LogP contribution < -0.4 is 0 Å². The van der Waals surface area contributed by atoms with Gasteiger partial charge in [-0.05, 0) is 30.6 Å². The Labute approximate surface area is 68.4 Å². The molecule has 3 atom stereocenters. The van der Waals surface area contributed by atoms with Crippen LogP contribution in [0.1, 0.15) is 38.5 Å². The summed E-state index contributed by atoms with van der Waals surface area (Å²) >= 11 is 0. The van der Waals surface area contributed by atoms with Crippen LogP contribution in [0, 0.1) is 29.1 Å². The first-order valence-electron chi connectivity index (χ1n) is 4.77. The lowest BCUT2D eigenvalue weighted by atomic mass is 9.86. The van der Waals surface area contributed by atoms with Gasteiger partial charge in [0.05, 0.1) is 6.07 Å². The Balaban J connectivity index is 1.99. The first-order chi connectivity index (χ1) is 5.40. The van der Waals surface area contributed by atoms with Gasteiger partial charge in [0.1, 0.15) is 0 Å². The summed E-state index contributed by atoms with van der Waals surface area (Å²) in [6.07, 6.45) is 7.89. The minimum atomic E-state index is 0.771. The summed E-state index contributed by atoms with van der Waals surface area (Å²) in [4.78, 5) is 0. The van der Waals surface area contributed by atoms with Crippen LogP contribution in [-0.4, -0.2) is 0 Å². The zero-order chi connectivity index (χ0) is 7.68. The Morgan fingerprint density at radius 2 is 2.18 bits per heavy atom. The standard InChI is InChI=1S/C10H15N/c11-5-4-10-7-8-2-1-3-9(10)6-8/h8-10H,1-4,6-7H2. The van der Waals surface area contributed by atoms with E-state index in [1.807, 2.05) is 0 Å². The summed E-state index contributed by atoms with van der Waals surface area (Å²) < 4.78 is 0. The molecule has 2 rings (SSSR count). The van der Waals surface area contributed by atoms with Gasteiger partial charge < -0.3 is 0 Å². The van der Waals surface area contributed by atoms with E-state index in [1.165, 1.54) is 32.1 Å². The van der Waals surface area contributed by atoms with Gasteiger partial charge in [0.25, 0.3) is 0 Å². The van der Waals surface area contributed by atoms with Crippen LogP contribution >= 0.6 is 0 Å². The van der Waals surface area contributed by atoms with Crippen molar-refractivity contribution < 1.29 is 0 Å². The number of hydrogen-bond acceptors (Lipinski definition) is 1. The molecule has 2 saturated carbocycles. The van der Waals surface area contributed by atoms with Crippen molar-refractivity contribution in [2.45, 2.75) is 38.5 Å². The highest BCUT2D eigenvalue weighted by atomic mass is 14.4. The van der Waals surface area contributed by atoms with Gasteiger partial charge in [-0.3, -0.25) is 0 Å². The first kappa shape index (κ1) is 7.16. The van der Waals surface area contributed by atoms with Gasteiger partial charge >= 0.3 is 0 Å². The lowest BCUT2D eigenvalue weighted by molar-refractivity contribution is 0.327. The number of hydrogen-bond donors (Lipinski definition) is 0. The highest BCUT2D eigenvalue weighted by molar-refractivity contribution is 4.91. The van der Waals surface area contributed by atoms with E-state index in [4.69, 9.17) is 5.26 Å². The minimum Gasteiger partial charge on any atom is -0.198 e. The lowest BCUT2D eigenvalue weighted by Crippen LogP contribution is -2.08. The first-order valence-corrected chi connectivity index (χ1v) is 4.77. The summed E-state index contributed by atoms with van der Waals surface area (Å²) in [6.45, 7) is 0. The average molecular weight is 149 g/mol. The number of fused-ring (bicyclic) bond motifs is 2. The summed E-state index contributed by atoms with van der Waals surface area (Å²) in [5, 5.41) is 8.60. The van der Waals surface area contributed by atoms with Gasteiger partial charge in [-0.1, -0.05) is 19.3 Å². The molecule has 0 aromatic heterocycles. The molecular formula is C10H15N. The fourth-order valence-corrected chi connectivity index (χ4v) is 2.96. The number of nitriles is 1. The van der Waals surface area contributed by atoms with Crippen LogP contribution in [0.3, 0.4) is 0 Å². The molecule has 3 unspecified atom stereocenters. The van der Waals surface area contributed by atoms with E-state index in [-0.39, 0.29) is 0 Å². The third-order valence-corrected chi connectivity index (χ3v) is 3.48. The Kier molecular flexibility index (Phi) is 1.85. The molecule has 2 aliphatic rings. The molecule has 11 heavy (non-hydrogen) atoms. The van der Waals surface area contributed by atoms with Gasteiger partial charge in [0.15, 0.2) is 0 Å². The van der Waals surface area contributed by atoms with Crippen LogP contribution in [0.5, 0.6) is 0 Å². The highest BCUT2D eigenvalue weighted by Crippen LogP contribution is 2.46. The van der Waals surface area contributed by atoms with Crippen LogP contribution in [0.2, 0.25) is 0 Å². The van der Waals surface area contributed by atoms with Crippen molar-refractivity contribution in [3.8, 4) is 6.07 Å². The van der Waals surface area contributed by atoms with Crippen molar-refractivity contribution in [3.63, 3.8) is 0 Å². The topological polar surface area (TPSA) is 23.8 Å². The smallest absolute Gasteiger partial charge is 0.0624 e. The fourth-order valence-electron chi connectivity index (χ4n) is 2.96. The Hall–Kier alpha value is -0.510. The Bertz CT molecular complexity index is 180. The molecule has 0 saturated heterocycles. The normalized spacial score (nSPS) is 41.9. The second-order valence-corrected chi connectivity index (χ2v) is 4.15. The van der Waals surface area contributed by atoms with Crippen molar-refractivity contribution in [1.29, 1.82) is 5.26 Å². The molecule has 0 spiro atoms. The quantitative estimate of drug-likeness (QED) is 0.562. The lowest BCUT2D eigenvalue weighted by Gasteiger charge is -2.19. The molecular weight excluding hydrogens is 134 g/mol. The van der Waals surface area contributed by atoms with E-state index < -0.39 is 0 Å². The van der Waals surface area contributed by atoms with Gasteiger partial charge in [0, 0.05) is 6.42 Å². The zero-order valence-electron chi connectivity index (χ0n) is 6.92. The van der Waals surface area contributed by atoms with Crippen molar-refractivity contribution in [2.75, 3.05) is 0 Å². The van der Waals surface area contributed by atoms with Gasteiger partial charge in [-0.2, -0.15) is 5.26 Å². The maximum absolute atomic E-state index is 8.60. The van der Waals surface area contributed by atoms with Crippen molar-refractivity contribution in [1.82, 2.24) is 0 Å². The molecule has 0 N–H and O–H groups in total. The molecule has 0 amide bonds. The maximum atomic E-state index is 8.60. The minimum absolute atomic E-state index is 0.771. The fraction of sp³-hybridized carbons (Fsp3) is 0.900. The van der Waals surface area contributed by atoms with Crippen molar-refractivity contribution >= 4 is 0 Å². The molecule has 1 heteroatoms. The summed E-state index contributed by atoms with van der Waals surface area (Å²) in [7, 11) is 0. The van der Waals surface area contributed by atoms with Crippen LogP contribution in [-0.2, 0) is 0 Å². The van der Waals surface area contributed by atoms with Crippen LogP contribution in [0.25, 0.3) is 0 Å². The number of rotatable bonds is 1. The van der Waals surface area contributed by atoms with Gasteiger partial charge in [-0.15, -0.1) is 0 Å². The molecule has 2 fully saturated rings. The highest BCUT2D eigenvalue weighted by Gasteiger charge is 2.36. The summed E-state index contributed by atoms with van der Waals surface area (Å²) in [6, 6.07) is 2.32. The van der Waals surface area contributed by atoms with Gasteiger partial charge in [0.2, 0.25) is 0 Å². The third kappa shape index (κ3) is 1.27. The van der Waals surface area contributed by atoms with E-state index in [0.29, 0.717) is 0 Å². The molecule has 0 heterocycles. The van der Waals surface area contributed by atoms with E-state index >= 15 is 0 Å². The predicted molar refractivity (Wildman–Crippen MR) is 43.8 cm³/mol. The second-order valence-electron chi connectivity index (χ2n) is 4.15. The zero-order valence-corrected chi connectivity index (χ0v) is 6.92. The van der Waals surface area contributed by atoms with E-state index in [9.17, 15) is 0 Å². The molecule has 0 aromatic rings. The van der Waals surface area contributed by atoms with E-state index in [2.05, 4.69) is 6.07 Å². The molecule has 60 valence electrons. The summed E-state index contributed by atoms with van der Waals surface area (Å²) in [5.74, 6) is 2.69. The van der Waals surface area contributed by atoms with Crippen molar-refractivity contribution in [2.24, 2.45) is 17.8 Å². The van der Waals surface area contributed by atoms with Crippen molar-refractivity contribution in [3.05, 3.63) is 0 Å². The SMILES string of the molecule is N#CCC1CC2CCCC1C2. The Morgan fingerprint density at radius 3 is 2.91 bits per heavy atom. The molecule has 0 aliphatic heterocycles. The molecule has 0 radical (unpaired) electrons. The second kappa shape index (κ2) is 2.85.